The van der Waals surface area contributed by atoms with E-state index in [4.69, 9.17) is 10.7 Å². The first-order chi connectivity index (χ1) is 17.4. The van der Waals surface area contributed by atoms with Crippen molar-refractivity contribution in [3.05, 3.63) is 52.6 Å². The molecule has 2 saturated carbocycles. The van der Waals surface area contributed by atoms with Crippen LogP contribution in [0.2, 0.25) is 0 Å². The van der Waals surface area contributed by atoms with Crippen LogP contribution < -0.4 is 11.1 Å². The number of fused-ring (bicyclic) bond motifs is 1. The van der Waals surface area contributed by atoms with Crippen molar-refractivity contribution >= 4 is 11.8 Å². The summed E-state index contributed by atoms with van der Waals surface area (Å²) in [5.41, 5.74) is 12.1. The number of rotatable bonds is 5. The molecule has 0 spiro atoms. The van der Waals surface area contributed by atoms with Crippen LogP contribution in [-0.2, 0) is 29.1 Å². The maximum absolute atomic E-state index is 13.8. The van der Waals surface area contributed by atoms with Gasteiger partial charge in [0, 0.05) is 31.0 Å². The highest BCUT2D eigenvalue weighted by Crippen LogP contribution is 2.31. The summed E-state index contributed by atoms with van der Waals surface area (Å²) in [7, 11) is 0. The third kappa shape index (κ3) is 5.22. The molecular weight excluding hydrogens is 450 g/mol. The number of amides is 2. The number of carbonyl (C=O) groups is 2. The van der Waals surface area contributed by atoms with E-state index >= 15 is 0 Å². The van der Waals surface area contributed by atoms with E-state index in [1.165, 1.54) is 23.1 Å². The lowest BCUT2D eigenvalue weighted by molar-refractivity contribution is -0.146. The first kappa shape index (κ1) is 25.0. The lowest BCUT2D eigenvalue weighted by Gasteiger charge is -2.39. The summed E-state index contributed by atoms with van der Waals surface area (Å²) in [5.74, 6) is 0.0760. The second-order valence-corrected chi connectivity index (χ2v) is 11.3. The Morgan fingerprint density at radius 2 is 1.81 bits per heavy atom. The summed E-state index contributed by atoms with van der Waals surface area (Å²) in [6, 6.07) is 5.96. The van der Waals surface area contributed by atoms with E-state index in [1.54, 1.807) is 0 Å². The Labute approximate surface area is 214 Å². The van der Waals surface area contributed by atoms with Gasteiger partial charge < -0.3 is 20.5 Å². The van der Waals surface area contributed by atoms with E-state index in [-0.39, 0.29) is 29.8 Å². The van der Waals surface area contributed by atoms with Crippen molar-refractivity contribution in [2.24, 2.45) is 11.7 Å². The Bertz CT molecular complexity index is 1100. The maximum atomic E-state index is 13.8. The molecule has 36 heavy (non-hydrogen) atoms. The maximum Gasteiger partial charge on any atom is 0.243 e. The molecule has 2 aromatic rings. The van der Waals surface area contributed by atoms with E-state index in [2.05, 4.69) is 41.9 Å². The number of hydrogen-bond acceptors (Lipinski definition) is 4. The van der Waals surface area contributed by atoms with Gasteiger partial charge in [-0.25, -0.2) is 4.98 Å². The zero-order valence-corrected chi connectivity index (χ0v) is 21.8. The molecule has 1 aliphatic heterocycles. The average Bonchev–Trinajstić information content (AvgIpc) is 3.28. The van der Waals surface area contributed by atoms with Gasteiger partial charge in [0.15, 0.2) is 0 Å². The molecule has 1 aromatic heterocycles. The van der Waals surface area contributed by atoms with Gasteiger partial charge in [0.05, 0.1) is 24.3 Å². The first-order valence-electron chi connectivity index (χ1n) is 13.9. The van der Waals surface area contributed by atoms with Crippen LogP contribution in [0.5, 0.6) is 0 Å². The van der Waals surface area contributed by atoms with Crippen LogP contribution in [-0.4, -0.2) is 44.4 Å². The summed E-state index contributed by atoms with van der Waals surface area (Å²) >= 11 is 0. The number of aromatic nitrogens is 2. The zero-order valence-electron chi connectivity index (χ0n) is 21.8. The molecule has 7 nitrogen and oxygen atoms in total. The summed E-state index contributed by atoms with van der Waals surface area (Å²) in [5, 5.41) is 3.22. The van der Waals surface area contributed by atoms with E-state index in [0.717, 1.165) is 69.3 Å². The average molecular weight is 492 g/mol. The second kappa shape index (κ2) is 10.8. The smallest absolute Gasteiger partial charge is 0.243 e. The highest BCUT2D eigenvalue weighted by Gasteiger charge is 2.40. The molecule has 2 heterocycles. The zero-order chi connectivity index (χ0) is 25.2. The minimum atomic E-state index is -0.523. The molecular formula is C29H41N5O2. The van der Waals surface area contributed by atoms with E-state index in [9.17, 15) is 9.59 Å². The highest BCUT2D eigenvalue weighted by atomic mass is 16.2. The van der Waals surface area contributed by atoms with Crippen molar-refractivity contribution in [3.8, 4) is 0 Å². The van der Waals surface area contributed by atoms with Crippen LogP contribution in [0.4, 0.5) is 0 Å². The Hall–Kier alpha value is -2.67. The molecule has 2 fully saturated rings. The fraction of sp³-hybridized carbons (Fsp3) is 0.621. The van der Waals surface area contributed by atoms with Gasteiger partial charge in [0.25, 0.3) is 0 Å². The molecule has 5 rings (SSSR count). The molecule has 194 valence electrons. The Balaban J connectivity index is 1.41. The molecule has 3 aliphatic rings. The summed E-state index contributed by atoms with van der Waals surface area (Å²) in [4.78, 5) is 34.0. The largest absolute Gasteiger partial charge is 0.350 e. The molecule has 1 aromatic carbocycles. The number of nitrogens with two attached hydrogens (primary N) is 1. The van der Waals surface area contributed by atoms with Crippen LogP contribution in [0.25, 0.3) is 0 Å². The molecule has 3 unspecified atom stereocenters. The van der Waals surface area contributed by atoms with Gasteiger partial charge in [-0.15, -0.1) is 0 Å². The van der Waals surface area contributed by atoms with Gasteiger partial charge in [-0.05, 0) is 50.7 Å². The van der Waals surface area contributed by atoms with Crippen LogP contribution in [0.3, 0.4) is 0 Å². The Morgan fingerprint density at radius 3 is 2.58 bits per heavy atom. The number of hydrogen-bond donors (Lipinski definition) is 2. The van der Waals surface area contributed by atoms with Crippen LogP contribution >= 0.6 is 0 Å². The molecule has 3 N–H and O–H groups in total. The number of imidazole rings is 1. The van der Waals surface area contributed by atoms with Crippen LogP contribution in [0.15, 0.2) is 24.5 Å². The number of nitrogens with one attached hydrogen (secondary N) is 1. The SMILES string of the molecule is Cc1ccc(C)c(Cn2cnc3c2CN(C(=O)C2CCCCC2)C(C(=O)NC2CCCCC2N)C3)c1. The summed E-state index contributed by atoms with van der Waals surface area (Å²) < 4.78 is 2.17. The van der Waals surface area contributed by atoms with Gasteiger partial charge in [0.1, 0.15) is 6.04 Å². The molecule has 7 heteroatoms. The van der Waals surface area contributed by atoms with Crippen LogP contribution in [0.1, 0.15) is 85.9 Å². The minimum absolute atomic E-state index is 0.0128. The third-order valence-electron chi connectivity index (χ3n) is 8.65. The molecule has 2 aliphatic carbocycles. The van der Waals surface area contributed by atoms with Crippen molar-refractivity contribution in [1.82, 2.24) is 19.8 Å². The van der Waals surface area contributed by atoms with Crippen molar-refractivity contribution < 1.29 is 9.59 Å². The molecule has 0 bridgehead atoms. The number of nitrogens with zero attached hydrogens (tertiary/aromatic N) is 3. The predicted octanol–water partition coefficient (Wildman–Crippen LogP) is 3.77. The van der Waals surface area contributed by atoms with Gasteiger partial charge in [-0.1, -0.05) is 55.9 Å². The Morgan fingerprint density at radius 1 is 1.06 bits per heavy atom. The topological polar surface area (TPSA) is 93.2 Å². The van der Waals surface area contributed by atoms with Gasteiger partial charge >= 0.3 is 0 Å². The van der Waals surface area contributed by atoms with Gasteiger partial charge in [-0.2, -0.15) is 0 Å². The standard InChI is InChI=1S/C29H41N5O2/c1-19-12-13-20(2)22(14-19)16-33-18-31-25-15-26(28(35)32-24-11-7-6-10-23(24)30)34(17-27(25)33)29(36)21-8-4-3-5-9-21/h12-14,18,21,23-24,26H,3-11,15-17,30H2,1-2H3,(H,32,35). The number of carbonyl (C=O) groups excluding carboxylic acids is 2. The van der Waals surface area contributed by atoms with E-state index in [1.807, 2.05) is 11.2 Å². The van der Waals surface area contributed by atoms with Gasteiger partial charge in [0.2, 0.25) is 11.8 Å². The third-order valence-corrected chi connectivity index (χ3v) is 8.65. The van der Waals surface area contributed by atoms with E-state index in [0.29, 0.717) is 13.0 Å². The molecule has 0 saturated heterocycles. The summed E-state index contributed by atoms with van der Waals surface area (Å²) in [6.45, 7) is 5.39. The molecule has 2 amide bonds. The predicted molar refractivity (Wildman–Crippen MR) is 140 cm³/mol. The number of benzene rings is 1. The fourth-order valence-corrected chi connectivity index (χ4v) is 6.32. The summed E-state index contributed by atoms with van der Waals surface area (Å²) in [6.07, 6.45) is 11.6. The highest BCUT2D eigenvalue weighted by molar-refractivity contribution is 5.89. The van der Waals surface area contributed by atoms with Crippen molar-refractivity contribution in [3.63, 3.8) is 0 Å². The van der Waals surface area contributed by atoms with Crippen molar-refractivity contribution in [2.45, 2.75) is 109 Å². The monoisotopic (exact) mass is 491 g/mol. The molecule has 0 radical (unpaired) electrons. The number of aryl methyl sites for hydroxylation is 2. The quantitative estimate of drug-likeness (QED) is 0.666. The fourth-order valence-electron chi connectivity index (χ4n) is 6.32. The van der Waals surface area contributed by atoms with E-state index < -0.39 is 6.04 Å². The Kier molecular flexibility index (Phi) is 7.47. The second-order valence-electron chi connectivity index (χ2n) is 11.3. The first-order valence-corrected chi connectivity index (χ1v) is 13.9. The lowest BCUT2D eigenvalue weighted by Crippen LogP contribution is -2.58. The van der Waals surface area contributed by atoms with Gasteiger partial charge in [-0.3, -0.25) is 9.59 Å². The molecule has 3 atom stereocenters. The van der Waals surface area contributed by atoms with Crippen molar-refractivity contribution in [1.29, 1.82) is 0 Å². The van der Waals surface area contributed by atoms with Crippen LogP contribution in [0, 0.1) is 19.8 Å². The normalized spacial score (nSPS) is 24.9. The lowest BCUT2D eigenvalue weighted by atomic mass is 9.86. The minimum Gasteiger partial charge on any atom is -0.350 e. The van der Waals surface area contributed by atoms with Crippen molar-refractivity contribution in [2.75, 3.05) is 0 Å².